The molecular weight excluding hydrogens is 296 g/mol. The summed E-state index contributed by atoms with van der Waals surface area (Å²) in [6, 6.07) is 5.43. The first-order valence-corrected chi connectivity index (χ1v) is 7.06. The third kappa shape index (κ3) is 2.90. The Labute approximate surface area is 115 Å². The van der Waals surface area contributed by atoms with Crippen LogP contribution in [0.1, 0.15) is 31.2 Å². The molecule has 0 aromatic heterocycles. The molecule has 2 unspecified atom stereocenters. The molecule has 1 aromatic rings. The summed E-state index contributed by atoms with van der Waals surface area (Å²) in [5.74, 6) is 0.442. The molecular formula is C13H17BrN2O2. The molecule has 1 aliphatic rings. The van der Waals surface area contributed by atoms with Gasteiger partial charge in [-0.05, 0) is 46.7 Å². The standard InChI is InChI=1S/C13H17BrN2O2/c14-13-10(5-3-7-12(13)16(17)18)8-9-4-1-2-6-11(9)15/h3,5,7,9,11H,1-2,4,6,8,15H2. The highest BCUT2D eigenvalue weighted by Gasteiger charge is 2.24. The maximum Gasteiger partial charge on any atom is 0.283 e. The zero-order chi connectivity index (χ0) is 13.1. The molecule has 2 atom stereocenters. The van der Waals surface area contributed by atoms with Gasteiger partial charge >= 0.3 is 0 Å². The van der Waals surface area contributed by atoms with Crippen molar-refractivity contribution < 1.29 is 4.92 Å². The van der Waals surface area contributed by atoms with Crippen LogP contribution >= 0.6 is 15.9 Å². The Hall–Kier alpha value is -0.940. The fourth-order valence-electron chi connectivity index (χ4n) is 2.64. The number of hydrogen-bond donors (Lipinski definition) is 1. The summed E-state index contributed by atoms with van der Waals surface area (Å²) in [5, 5.41) is 10.9. The SMILES string of the molecule is NC1CCCCC1Cc1cccc([N+](=O)[O-])c1Br. The molecule has 1 aliphatic carbocycles. The van der Waals surface area contributed by atoms with Crippen LogP contribution in [-0.2, 0) is 6.42 Å². The quantitative estimate of drug-likeness (QED) is 0.686. The van der Waals surface area contributed by atoms with Crippen molar-refractivity contribution in [2.24, 2.45) is 11.7 Å². The van der Waals surface area contributed by atoms with E-state index in [1.54, 1.807) is 6.07 Å². The van der Waals surface area contributed by atoms with E-state index in [2.05, 4.69) is 15.9 Å². The van der Waals surface area contributed by atoms with Gasteiger partial charge in [0.05, 0.1) is 9.40 Å². The zero-order valence-electron chi connectivity index (χ0n) is 10.1. The molecule has 0 heterocycles. The third-order valence-corrected chi connectivity index (χ3v) is 4.62. The lowest BCUT2D eigenvalue weighted by Crippen LogP contribution is -2.34. The lowest BCUT2D eigenvalue weighted by Gasteiger charge is -2.28. The first kappa shape index (κ1) is 13.5. The largest absolute Gasteiger partial charge is 0.327 e. The van der Waals surface area contributed by atoms with Gasteiger partial charge in [-0.3, -0.25) is 10.1 Å². The normalized spacial score (nSPS) is 23.9. The van der Waals surface area contributed by atoms with Gasteiger partial charge in [-0.25, -0.2) is 0 Å². The number of rotatable bonds is 3. The van der Waals surface area contributed by atoms with Crippen molar-refractivity contribution in [2.45, 2.75) is 38.1 Å². The summed E-state index contributed by atoms with van der Waals surface area (Å²) in [6.45, 7) is 0. The minimum atomic E-state index is -0.353. The number of nitrogens with zero attached hydrogens (tertiary/aromatic N) is 1. The van der Waals surface area contributed by atoms with E-state index in [-0.39, 0.29) is 16.7 Å². The molecule has 0 radical (unpaired) electrons. The van der Waals surface area contributed by atoms with Gasteiger partial charge in [0, 0.05) is 12.1 Å². The highest BCUT2D eigenvalue weighted by atomic mass is 79.9. The lowest BCUT2D eigenvalue weighted by molar-refractivity contribution is -0.385. The molecule has 0 amide bonds. The maximum absolute atomic E-state index is 10.9. The minimum absolute atomic E-state index is 0.136. The number of benzene rings is 1. The predicted molar refractivity (Wildman–Crippen MR) is 74.4 cm³/mol. The summed E-state index contributed by atoms with van der Waals surface area (Å²) in [7, 11) is 0. The second-order valence-electron chi connectivity index (χ2n) is 4.92. The Bertz CT molecular complexity index is 451. The maximum atomic E-state index is 10.9. The summed E-state index contributed by atoms with van der Waals surface area (Å²) < 4.78 is 0.604. The topological polar surface area (TPSA) is 69.2 Å². The van der Waals surface area contributed by atoms with Crippen molar-refractivity contribution in [2.75, 3.05) is 0 Å². The zero-order valence-corrected chi connectivity index (χ0v) is 11.7. The van der Waals surface area contributed by atoms with E-state index in [1.807, 2.05) is 6.07 Å². The van der Waals surface area contributed by atoms with Crippen molar-refractivity contribution in [1.29, 1.82) is 0 Å². The van der Waals surface area contributed by atoms with Crippen LogP contribution in [-0.4, -0.2) is 11.0 Å². The summed E-state index contributed by atoms with van der Waals surface area (Å²) >= 11 is 3.35. The Balaban J connectivity index is 2.18. The van der Waals surface area contributed by atoms with Crippen molar-refractivity contribution in [3.8, 4) is 0 Å². The molecule has 4 nitrogen and oxygen atoms in total. The average molecular weight is 313 g/mol. The Kier molecular flexibility index (Phi) is 4.35. The monoisotopic (exact) mass is 312 g/mol. The average Bonchev–Trinajstić information content (AvgIpc) is 2.34. The van der Waals surface area contributed by atoms with E-state index in [0.29, 0.717) is 10.4 Å². The van der Waals surface area contributed by atoms with Crippen molar-refractivity contribution in [3.05, 3.63) is 38.3 Å². The van der Waals surface area contributed by atoms with Crippen LogP contribution in [0.5, 0.6) is 0 Å². The highest BCUT2D eigenvalue weighted by Crippen LogP contribution is 2.33. The number of nitro groups is 1. The van der Waals surface area contributed by atoms with Crippen LogP contribution in [0.25, 0.3) is 0 Å². The molecule has 0 saturated heterocycles. The lowest BCUT2D eigenvalue weighted by atomic mass is 9.81. The molecule has 5 heteroatoms. The molecule has 1 saturated carbocycles. The van der Waals surface area contributed by atoms with Crippen LogP contribution in [0.15, 0.2) is 22.7 Å². The molecule has 1 aromatic carbocycles. The van der Waals surface area contributed by atoms with E-state index in [1.165, 1.54) is 18.9 Å². The van der Waals surface area contributed by atoms with E-state index < -0.39 is 0 Å². The highest BCUT2D eigenvalue weighted by molar-refractivity contribution is 9.10. The van der Waals surface area contributed by atoms with Crippen LogP contribution < -0.4 is 5.73 Å². The molecule has 2 N–H and O–H groups in total. The van der Waals surface area contributed by atoms with Crippen molar-refractivity contribution in [3.63, 3.8) is 0 Å². The van der Waals surface area contributed by atoms with Gasteiger partial charge in [0.15, 0.2) is 0 Å². The molecule has 18 heavy (non-hydrogen) atoms. The summed E-state index contributed by atoms with van der Waals surface area (Å²) in [6.07, 6.45) is 5.43. The smallest absolute Gasteiger partial charge is 0.283 e. The van der Waals surface area contributed by atoms with Gasteiger partial charge in [0.25, 0.3) is 5.69 Å². The van der Waals surface area contributed by atoms with Gasteiger partial charge in [-0.1, -0.05) is 25.0 Å². The van der Waals surface area contributed by atoms with Crippen molar-refractivity contribution in [1.82, 2.24) is 0 Å². The van der Waals surface area contributed by atoms with Crippen LogP contribution in [0, 0.1) is 16.0 Å². The molecule has 1 fully saturated rings. The van der Waals surface area contributed by atoms with E-state index in [4.69, 9.17) is 5.73 Å². The number of nitrogens with two attached hydrogens (primary N) is 1. The van der Waals surface area contributed by atoms with Crippen LogP contribution in [0.4, 0.5) is 5.69 Å². The summed E-state index contributed by atoms with van der Waals surface area (Å²) in [4.78, 5) is 10.5. The molecule has 0 spiro atoms. The first-order valence-electron chi connectivity index (χ1n) is 6.27. The Morgan fingerprint density at radius 1 is 1.39 bits per heavy atom. The first-order chi connectivity index (χ1) is 8.59. The van der Waals surface area contributed by atoms with Crippen LogP contribution in [0.3, 0.4) is 0 Å². The molecule has 2 rings (SSSR count). The van der Waals surface area contributed by atoms with Gasteiger partial charge in [0.1, 0.15) is 0 Å². The fourth-order valence-corrected chi connectivity index (χ4v) is 3.21. The summed E-state index contributed by atoms with van der Waals surface area (Å²) in [5.41, 5.74) is 7.25. The second kappa shape index (κ2) is 5.80. The van der Waals surface area contributed by atoms with Gasteiger partial charge in [-0.2, -0.15) is 0 Å². The molecule has 0 aliphatic heterocycles. The van der Waals surface area contributed by atoms with Crippen LogP contribution in [0.2, 0.25) is 0 Å². The van der Waals surface area contributed by atoms with E-state index >= 15 is 0 Å². The Morgan fingerprint density at radius 3 is 2.78 bits per heavy atom. The minimum Gasteiger partial charge on any atom is -0.327 e. The molecule has 98 valence electrons. The number of nitro benzene ring substituents is 1. The van der Waals surface area contributed by atoms with Crippen molar-refractivity contribution >= 4 is 21.6 Å². The van der Waals surface area contributed by atoms with Gasteiger partial charge in [0.2, 0.25) is 0 Å². The predicted octanol–water partition coefficient (Wildman–Crippen LogP) is 3.42. The Morgan fingerprint density at radius 2 is 2.11 bits per heavy atom. The van der Waals surface area contributed by atoms with Gasteiger partial charge < -0.3 is 5.73 Å². The second-order valence-corrected chi connectivity index (χ2v) is 5.71. The van der Waals surface area contributed by atoms with E-state index in [9.17, 15) is 10.1 Å². The number of hydrogen-bond acceptors (Lipinski definition) is 3. The fraction of sp³-hybridized carbons (Fsp3) is 0.538. The molecule has 0 bridgehead atoms. The van der Waals surface area contributed by atoms with Gasteiger partial charge in [-0.15, -0.1) is 0 Å². The number of halogens is 1. The third-order valence-electron chi connectivity index (χ3n) is 3.70. The van der Waals surface area contributed by atoms with E-state index in [0.717, 1.165) is 24.8 Å².